The Balaban J connectivity index is 1.83. The lowest BCUT2D eigenvalue weighted by molar-refractivity contribution is -0.109. The average molecular weight is 262 g/mol. The van der Waals surface area contributed by atoms with Gasteiger partial charge in [-0.25, -0.2) is 4.79 Å². The summed E-state index contributed by atoms with van der Waals surface area (Å²) in [6.07, 6.45) is 2.21. The third kappa shape index (κ3) is 3.71. The standard InChI is InChI=1S/C14H18N2O3/c17-11-15-9-13-7-4-8-16(13)14(18)19-10-12-5-2-1-3-6-12/h1-3,5-6,11,13H,4,7-10H2,(H,15,17). The molecule has 102 valence electrons. The Labute approximate surface area is 112 Å². The number of carbonyl (C=O) groups is 2. The first-order chi connectivity index (χ1) is 9.31. The predicted molar refractivity (Wildman–Crippen MR) is 70.4 cm³/mol. The summed E-state index contributed by atoms with van der Waals surface area (Å²) >= 11 is 0. The number of benzene rings is 1. The second kappa shape index (κ2) is 6.78. The minimum atomic E-state index is -0.306. The van der Waals surface area contributed by atoms with E-state index >= 15 is 0 Å². The highest BCUT2D eigenvalue weighted by atomic mass is 16.6. The first kappa shape index (κ1) is 13.4. The number of ether oxygens (including phenoxy) is 1. The summed E-state index contributed by atoms with van der Waals surface area (Å²) in [5, 5.41) is 2.62. The van der Waals surface area contributed by atoms with E-state index in [0.717, 1.165) is 18.4 Å². The quantitative estimate of drug-likeness (QED) is 0.819. The monoisotopic (exact) mass is 262 g/mol. The number of rotatable bonds is 5. The molecule has 1 aliphatic heterocycles. The normalized spacial score (nSPS) is 18.1. The summed E-state index contributed by atoms with van der Waals surface area (Å²) in [5.41, 5.74) is 0.970. The molecule has 5 heteroatoms. The Kier molecular flexibility index (Phi) is 4.78. The zero-order valence-electron chi connectivity index (χ0n) is 10.7. The number of nitrogens with one attached hydrogen (secondary N) is 1. The van der Waals surface area contributed by atoms with Gasteiger partial charge in [-0.2, -0.15) is 0 Å². The van der Waals surface area contributed by atoms with E-state index in [-0.39, 0.29) is 18.7 Å². The highest BCUT2D eigenvalue weighted by Gasteiger charge is 2.29. The van der Waals surface area contributed by atoms with Gasteiger partial charge >= 0.3 is 6.09 Å². The molecule has 1 aliphatic rings. The van der Waals surface area contributed by atoms with E-state index < -0.39 is 0 Å². The van der Waals surface area contributed by atoms with Gasteiger partial charge in [-0.15, -0.1) is 0 Å². The minimum absolute atomic E-state index is 0.0495. The molecule has 2 amide bonds. The van der Waals surface area contributed by atoms with Crippen LogP contribution in [0.5, 0.6) is 0 Å². The van der Waals surface area contributed by atoms with Gasteiger partial charge in [-0.3, -0.25) is 4.79 Å². The van der Waals surface area contributed by atoms with Crippen molar-refractivity contribution in [2.24, 2.45) is 0 Å². The lowest BCUT2D eigenvalue weighted by Crippen LogP contribution is -2.41. The van der Waals surface area contributed by atoms with Crippen molar-refractivity contribution in [2.45, 2.75) is 25.5 Å². The summed E-state index contributed by atoms with van der Waals surface area (Å²) in [5.74, 6) is 0. The van der Waals surface area contributed by atoms with Crippen LogP contribution in [0.1, 0.15) is 18.4 Å². The van der Waals surface area contributed by atoms with Crippen LogP contribution in [0, 0.1) is 0 Å². The predicted octanol–water partition coefficient (Wildman–Crippen LogP) is 1.53. The van der Waals surface area contributed by atoms with Crippen molar-refractivity contribution in [3.05, 3.63) is 35.9 Å². The van der Waals surface area contributed by atoms with Crippen LogP contribution < -0.4 is 5.32 Å². The molecule has 0 radical (unpaired) electrons. The molecule has 19 heavy (non-hydrogen) atoms. The molecule has 1 heterocycles. The Morgan fingerprint density at radius 2 is 2.21 bits per heavy atom. The average Bonchev–Trinajstić information content (AvgIpc) is 2.92. The van der Waals surface area contributed by atoms with E-state index in [1.54, 1.807) is 4.90 Å². The van der Waals surface area contributed by atoms with Crippen molar-refractivity contribution in [2.75, 3.05) is 13.1 Å². The zero-order chi connectivity index (χ0) is 13.5. The Hall–Kier alpha value is -2.04. The van der Waals surface area contributed by atoms with Crippen molar-refractivity contribution in [1.29, 1.82) is 0 Å². The van der Waals surface area contributed by atoms with Gasteiger partial charge in [0.1, 0.15) is 6.61 Å². The molecule has 5 nitrogen and oxygen atoms in total. The molecule has 1 aromatic carbocycles. The van der Waals surface area contributed by atoms with Gasteiger partial charge in [-0.1, -0.05) is 30.3 Å². The van der Waals surface area contributed by atoms with Gasteiger partial charge in [0, 0.05) is 13.1 Å². The first-order valence-corrected chi connectivity index (χ1v) is 6.45. The highest BCUT2D eigenvalue weighted by Crippen LogP contribution is 2.18. The number of hydrogen-bond acceptors (Lipinski definition) is 3. The van der Waals surface area contributed by atoms with Crippen LogP contribution in [-0.4, -0.2) is 36.5 Å². The molecule has 1 N–H and O–H groups in total. The Morgan fingerprint density at radius 3 is 2.95 bits per heavy atom. The molecule has 1 atom stereocenters. The number of carbonyl (C=O) groups excluding carboxylic acids is 2. The molecule has 0 aliphatic carbocycles. The van der Waals surface area contributed by atoms with Crippen LogP contribution >= 0.6 is 0 Å². The second-order valence-corrected chi connectivity index (χ2v) is 4.56. The smallest absolute Gasteiger partial charge is 0.410 e. The fourth-order valence-corrected chi connectivity index (χ4v) is 2.27. The molecule has 1 fully saturated rings. The summed E-state index contributed by atoms with van der Waals surface area (Å²) < 4.78 is 5.29. The lowest BCUT2D eigenvalue weighted by atomic mass is 10.2. The van der Waals surface area contributed by atoms with E-state index in [0.29, 0.717) is 19.5 Å². The highest BCUT2D eigenvalue weighted by molar-refractivity contribution is 5.68. The molecular weight excluding hydrogens is 244 g/mol. The van der Waals surface area contributed by atoms with Crippen molar-refractivity contribution in [3.63, 3.8) is 0 Å². The largest absolute Gasteiger partial charge is 0.445 e. The summed E-state index contributed by atoms with van der Waals surface area (Å²) in [6, 6.07) is 9.64. The van der Waals surface area contributed by atoms with Gasteiger partial charge in [0.15, 0.2) is 0 Å². The molecule has 1 aromatic rings. The number of hydrogen-bond donors (Lipinski definition) is 1. The molecule has 0 spiro atoms. The van der Waals surface area contributed by atoms with Crippen molar-refractivity contribution in [3.8, 4) is 0 Å². The van der Waals surface area contributed by atoms with E-state index in [4.69, 9.17) is 4.74 Å². The van der Waals surface area contributed by atoms with Crippen LogP contribution in [0.15, 0.2) is 30.3 Å². The van der Waals surface area contributed by atoms with Crippen LogP contribution in [-0.2, 0) is 16.1 Å². The first-order valence-electron chi connectivity index (χ1n) is 6.45. The SMILES string of the molecule is O=CNCC1CCCN1C(=O)OCc1ccccc1. The molecule has 1 saturated heterocycles. The summed E-state index contributed by atoms with van der Waals surface area (Å²) in [7, 11) is 0. The van der Waals surface area contributed by atoms with Gasteiger partial charge in [0.25, 0.3) is 0 Å². The molecule has 0 aromatic heterocycles. The van der Waals surface area contributed by atoms with Gasteiger partial charge in [0.05, 0.1) is 6.04 Å². The van der Waals surface area contributed by atoms with E-state index in [9.17, 15) is 9.59 Å². The van der Waals surface area contributed by atoms with E-state index in [1.165, 1.54) is 0 Å². The molecule has 0 saturated carbocycles. The molecule has 1 unspecified atom stereocenters. The molecular formula is C14H18N2O3. The Morgan fingerprint density at radius 1 is 1.42 bits per heavy atom. The fraction of sp³-hybridized carbons (Fsp3) is 0.429. The number of amides is 2. The fourth-order valence-electron chi connectivity index (χ4n) is 2.27. The van der Waals surface area contributed by atoms with E-state index in [1.807, 2.05) is 30.3 Å². The zero-order valence-corrected chi connectivity index (χ0v) is 10.7. The topological polar surface area (TPSA) is 58.6 Å². The summed E-state index contributed by atoms with van der Waals surface area (Å²) in [6.45, 7) is 1.47. The van der Waals surface area contributed by atoms with Gasteiger partial charge < -0.3 is 15.0 Å². The van der Waals surface area contributed by atoms with Crippen molar-refractivity contribution >= 4 is 12.5 Å². The summed E-state index contributed by atoms with van der Waals surface area (Å²) in [4.78, 5) is 24.0. The Bertz CT molecular complexity index is 422. The second-order valence-electron chi connectivity index (χ2n) is 4.56. The maximum Gasteiger partial charge on any atom is 0.410 e. The number of nitrogens with zero attached hydrogens (tertiary/aromatic N) is 1. The lowest BCUT2D eigenvalue weighted by Gasteiger charge is -2.23. The van der Waals surface area contributed by atoms with Crippen LogP contribution in [0.3, 0.4) is 0 Å². The molecule has 0 bridgehead atoms. The van der Waals surface area contributed by atoms with Crippen LogP contribution in [0.4, 0.5) is 4.79 Å². The third-order valence-corrected chi connectivity index (χ3v) is 3.25. The maximum atomic E-state index is 12.0. The van der Waals surface area contributed by atoms with Crippen molar-refractivity contribution in [1.82, 2.24) is 10.2 Å². The molecule has 2 rings (SSSR count). The maximum absolute atomic E-state index is 12.0. The van der Waals surface area contributed by atoms with E-state index in [2.05, 4.69) is 5.32 Å². The third-order valence-electron chi connectivity index (χ3n) is 3.25. The van der Waals surface area contributed by atoms with Crippen LogP contribution in [0.2, 0.25) is 0 Å². The number of likely N-dealkylation sites (tertiary alicyclic amines) is 1. The van der Waals surface area contributed by atoms with Gasteiger partial charge in [-0.05, 0) is 18.4 Å². The van der Waals surface area contributed by atoms with Gasteiger partial charge in [0.2, 0.25) is 6.41 Å². The van der Waals surface area contributed by atoms with Crippen LogP contribution in [0.25, 0.3) is 0 Å². The van der Waals surface area contributed by atoms with Crippen molar-refractivity contribution < 1.29 is 14.3 Å². The minimum Gasteiger partial charge on any atom is -0.445 e.